The van der Waals surface area contributed by atoms with Gasteiger partial charge in [-0.2, -0.15) is 5.10 Å². The average Bonchev–Trinajstić information content (AvgIpc) is 2.99. The standard InChI is InChI=1S/C20H24N4/c1-14-8-15(2)10-18(9-14)20(17-6-5-7-21-11-17)23-16(3)19-12-22-24(4)13-19/h5-13,16,20,23H,1-4H3. The van der Waals surface area contributed by atoms with Crippen LogP contribution in [0.4, 0.5) is 0 Å². The molecule has 1 N–H and O–H groups in total. The maximum absolute atomic E-state index is 4.30. The summed E-state index contributed by atoms with van der Waals surface area (Å²) in [5, 5.41) is 8.02. The molecule has 0 aliphatic heterocycles. The highest BCUT2D eigenvalue weighted by Gasteiger charge is 2.19. The van der Waals surface area contributed by atoms with Gasteiger partial charge in [-0.3, -0.25) is 15.0 Å². The van der Waals surface area contributed by atoms with Crippen LogP contribution in [0.1, 0.15) is 46.8 Å². The molecule has 2 heterocycles. The highest BCUT2D eigenvalue weighted by Crippen LogP contribution is 2.27. The van der Waals surface area contributed by atoms with Crippen molar-refractivity contribution in [3.8, 4) is 0 Å². The lowest BCUT2D eigenvalue weighted by Crippen LogP contribution is -2.25. The lowest BCUT2D eigenvalue weighted by Gasteiger charge is -2.24. The Bertz CT molecular complexity index is 787. The molecule has 0 spiro atoms. The molecular formula is C20H24N4. The zero-order valence-corrected chi connectivity index (χ0v) is 14.7. The molecule has 2 aromatic heterocycles. The van der Waals surface area contributed by atoms with E-state index in [-0.39, 0.29) is 12.1 Å². The van der Waals surface area contributed by atoms with E-state index < -0.39 is 0 Å². The van der Waals surface area contributed by atoms with Crippen LogP contribution in [0, 0.1) is 13.8 Å². The normalized spacial score (nSPS) is 13.7. The van der Waals surface area contributed by atoms with Gasteiger partial charge in [-0.1, -0.05) is 35.4 Å². The van der Waals surface area contributed by atoms with Crippen LogP contribution in [0.25, 0.3) is 0 Å². The predicted octanol–water partition coefficient (Wildman–Crippen LogP) is 3.87. The summed E-state index contributed by atoms with van der Waals surface area (Å²) in [6, 6.07) is 11.1. The van der Waals surface area contributed by atoms with Gasteiger partial charge >= 0.3 is 0 Å². The van der Waals surface area contributed by atoms with Crippen LogP contribution in [0.15, 0.2) is 55.1 Å². The number of benzene rings is 1. The molecule has 124 valence electrons. The van der Waals surface area contributed by atoms with Crippen LogP contribution in [0.3, 0.4) is 0 Å². The summed E-state index contributed by atoms with van der Waals surface area (Å²) in [6.45, 7) is 6.45. The van der Waals surface area contributed by atoms with Crippen molar-refractivity contribution in [1.29, 1.82) is 0 Å². The van der Waals surface area contributed by atoms with E-state index in [4.69, 9.17) is 0 Å². The molecule has 4 heteroatoms. The molecular weight excluding hydrogens is 296 g/mol. The van der Waals surface area contributed by atoms with Crippen LogP contribution in [-0.2, 0) is 7.05 Å². The molecule has 2 atom stereocenters. The first-order valence-corrected chi connectivity index (χ1v) is 8.25. The first-order valence-electron chi connectivity index (χ1n) is 8.25. The van der Waals surface area contributed by atoms with Crippen molar-refractivity contribution in [3.05, 3.63) is 82.9 Å². The summed E-state index contributed by atoms with van der Waals surface area (Å²) in [5.41, 5.74) is 6.15. The van der Waals surface area contributed by atoms with Crippen molar-refractivity contribution in [2.45, 2.75) is 32.9 Å². The fraction of sp³-hybridized carbons (Fsp3) is 0.300. The monoisotopic (exact) mass is 320 g/mol. The van der Waals surface area contributed by atoms with Crippen molar-refractivity contribution in [2.75, 3.05) is 0 Å². The lowest BCUT2D eigenvalue weighted by molar-refractivity contribution is 0.515. The van der Waals surface area contributed by atoms with E-state index in [2.05, 4.69) is 66.6 Å². The zero-order chi connectivity index (χ0) is 17.1. The third-order valence-corrected chi connectivity index (χ3v) is 4.24. The number of hydrogen-bond donors (Lipinski definition) is 1. The summed E-state index contributed by atoms with van der Waals surface area (Å²) in [6.07, 6.45) is 7.72. The number of pyridine rings is 1. The Hall–Kier alpha value is -2.46. The Morgan fingerprint density at radius 1 is 1.00 bits per heavy atom. The summed E-state index contributed by atoms with van der Waals surface area (Å²) < 4.78 is 1.84. The SMILES string of the molecule is Cc1cc(C)cc(C(NC(C)c2cnn(C)c2)c2cccnc2)c1. The summed E-state index contributed by atoms with van der Waals surface area (Å²) in [5.74, 6) is 0. The second-order valence-corrected chi connectivity index (χ2v) is 6.48. The fourth-order valence-corrected chi connectivity index (χ4v) is 3.12. The van der Waals surface area contributed by atoms with Gasteiger partial charge in [-0.05, 0) is 38.0 Å². The Morgan fingerprint density at radius 3 is 2.33 bits per heavy atom. The van der Waals surface area contributed by atoms with Gasteiger partial charge in [0.25, 0.3) is 0 Å². The van der Waals surface area contributed by atoms with Gasteiger partial charge in [0.15, 0.2) is 0 Å². The molecule has 0 radical (unpaired) electrons. The topological polar surface area (TPSA) is 42.7 Å². The van der Waals surface area contributed by atoms with Crippen molar-refractivity contribution >= 4 is 0 Å². The third-order valence-electron chi connectivity index (χ3n) is 4.24. The Morgan fingerprint density at radius 2 is 1.75 bits per heavy atom. The maximum atomic E-state index is 4.30. The van der Waals surface area contributed by atoms with Crippen LogP contribution >= 0.6 is 0 Å². The van der Waals surface area contributed by atoms with Gasteiger partial charge in [-0.15, -0.1) is 0 Å². The molecule has 0 amide bonds. The van der Waals surface area contributed by atoms with Crippen LogP contribution in [-0.4, -0.2) is 14.8 Å². The van der Waals surface area contributed by atoms with Gasteiger partial charge in [0.05, 0.1) is 12.2 Å². The van der Waals surface area contributed by atoms with Crippen molar-refractivity contribution in [1.82, 2.24) is 20.1 Å². The van der Waals surface area contributed by atoms with E-state index in [0.717, 1.165) is 0 Å². The maximum Gasteiger partial charge on any atom is 0.0596 e. The second-order valence-electron chi connectivity index (χ2n) is 6.48. The minimum atomic E-state index is 0.0903. The Kier molecular flexibility index (Phi) is 4.76. The van der Waals surface area contributed by atoms with Gasteiger partial charge in [0.1, 0.15) is 0 Å². The van der Waals surface area contributed by atoms with E-state index >= 15 is 0 Å². The molecule has 3 aromatic rings. The van der Waals surface area contributed by atoms with Crippen LogP contribution in [0.2, 0.25) is 0 Å². The molecule has 3 rings (SSSR count). The molecule has 2 unspecified atom stereocenters. The average molecular weight is 320 g/mol. The minimum Gasteiger partial charge on any atom is -0.299 e. The van der Waals surface area contributed by atoms with Gasteiger partial charge in [0, 0.05) is 37.2 Å². The van der Waals surface area contributed by atoms with E-state index in [1.54, 1.807) is 0 Å². The molecule has 0 saturated carbocycles. The molecule has 4 nitrogen and oxygen atoms in total. The third kappa shape index (κ3) is 3.71. The minimum absolute atomic E-state index is 0.0903. The highest BCUT2D eigenvalue weighted by atomic mass is 15.2. The van der Waals surface area contributed by atoms with Crippen molar-refractivity contribution < 1.29 is 0 Å². The molecule has 0 aliphatic carbocycles. The number of rotatable bonds is 5. The van der Waals surface area contributed by atoms with E-state index in [9.17, 15) is 0 Å². The Balaban J connectivity index is 1.96. The molecule has 1 aromatic carbocycles. The number of aromatic nitrogens is 3. The first-order chi connectivity index (χ1) is 11.5. The van der Waals surface area contributed by atoms with Crippen LogP contribution in [0.5, 0.6) is 0 Å². The molecule has 0 aliphatic rings. The number of hydrogen-bond acceptors (Lipinski definition) is 3. The second kappa shape index (κ2) is 6.97. The highest BCUT2D eigenvalue weighted by molar-refractivity contribution is 5.36. The zero-order valence-electron chi connectivity index (χ0n) is 14.7. The predicted molar refractivity (Wildman–Crippen MR) is 96.8 cm³/mol. The van der Waals surface area contributed by atoms with Gasteiger partial charge < -0.3 is 0 Å². The number of aryl methyl sites for hydroxylation is 3. The van der Waals surface area contributed by atoms with E-state index in [1.165, 1.54) is 27.8 Å². The largest absolute Gasteiger partial charge is 0.299 e. The van der Waals surface area contributed by atoms with Gasteiger partial charge in [0.2, 0.25) is 0 Å². The van der Waals surface area contributed by atoms with Crippen LogP contribution < -0.4 is 5.32 Å². The van der Waals surface area contributed by atoms with E-state index in [0.29, 0.717) is 0 Å². The van der Waals surface area contributed by atoms with Gasteiger partial charge in [-0.25, -0.2) is 0 Å². The number of nitrogens with one attached hydrogen (secondary N) is 1. The molecule has 0 saturated heterocycles. The quantitative estimate of drug-likeness (QED) is 0.776. The van der Waals surface area contributed by atoms with Crippen molar-refractivity contribution in [2.24, 2.45) is 7.05 Å². The lowest BCUT2D eigenvalue weighted by atomic mass is 9.95. The Labute approximate surface area is 143 Å². The smallest absolute Gasteiger partial charge is 0.0596 e. The molecule has 0 bridgehead atoms. The molecule has 0 fully saturated rings. The first kappa shape index (κ1) is 16.4. The summed E-state index contributed by atoms with van der Waals surface area (Å²) >= 11 is 0. The van der Waals surface area contributed by atoms with Crippen molar-refractivity contribution in [3.63, 3.8) is 0 Å². The molecule has 24 heavy (non-hydrogen) atoms. The van der Waals surface area contributed by atoms with E-state index in [1.807, 2.05) is 36.4 Å². The summed E-state index contributed by atoms with van der Waals surface area (Å²) in [7, 11) is 1.94. The number of nitrogens with zero attached hydrogens (tertiary/aromatic N) is 3. The fourth-order valence-electron chi connectivity index (χ4n) is 3.12. The summed E-state index contributed by atoms with van der Waals surface area (Å²) in [4.78, 5) is 4.30.